The molecule has 0 radical (unpaired) electrons. The van der Waals surface area contributed by atoms with Gasteiger partial charge in [-0.2, -0.15) is 0 Å². The summed E-state index contributed by atoms with van der Waals surface area (Å²) in [6, 6.07) is 10.7. The number of carbonyl (C=O) groups excluding carboxylic acids is 1. The minimum atomic E-state index is -0.733. The topological polar surface area (TPSA) is 74.5 Å². The average Bonchev–Trinajstić information content (AvgIpc) is 3.03. The van der Waals surface area contributed by atoms with Crippen LogP contribution in [0.2, 0.25) is 0 Å². The molecule has 0 aliphatic rings. The van der Waals surface area contributed by atoms with Gasteiger partial charge in [-0.05, 0) is 36.9 Å². The van der Waals surface area contributed by atoms with Gasteiger partial charge in [0.1, 0.15) is 11.9 Å². The van der Waals surface area contributed by atoms with Crippen molar-refractivity contribution in [2.75, 3.05) is 11.1 Å². The van der Waals surface area contributed by atoms with Gasteiger partial charge < -0.3 is 20.2 Å². The van der Waals surface area contributed by atoms with Gasteiger partial charge in [0.25, 0.3) is 0 Å². The number of benzene rings is 1. The van der Waals surface area contributed by atoms with Crippen molar-refractivity contribution < 1.29 is 14.3 Å². The number of rotatable bonds is 7. The van der Waals surface area contributed by atoms with E-state index >= 15 is 0 Å². The van der Waals surface area contributed by atoms with Crippen LogP contribution in [-0.2, 0) is 0 Å². The van der Waals surface area contributed by atoms with Crippen molar-refractivity contribution in [3.05, 3.63) is 48.4 Å². The first kappa shape index (κ1) is 17.4. The van der Waals surface area contributed by atoms with E-state index in [0.717, 1.165) is 16.3 Å². The fraction of sp³-hybridized carbons (Fsp3) is 0.353. The molecule has 1 aromatic heterocycles. The number of aliphatic hydroxyl groups is 1. The van der Waals surface area contributed by atoms with Gasteiger partial charge in [-0.25, -0.2) is 4.79 Å². The monoisotopic (exact) mass is 334 g/mol. The number of nitrogens with one attached hydrogen (secondary N) is 2. The molecule has 0 saturated carbocycles. The third-order valence-electron chi connectivity index (χ3n) is 3.26. The Labute approximate surface area is 140 Å². The molecule has 0 aliphatic carbocycles. The number of hydrogen-bond donors (Lipinski definition) is 3. The lowest BCUT2D eigenvalue weighted by molar-refractivity contribution is 0.130. The van der Waals surface area contributed by atoms with E-state index in [1.54, 1.807) is 23.9 Å². The maximum atomic E-state index is 12.1. The zero-order valence-electron chi connectivity index (χ0n) is 13.3. The van der Waals surface area contributed by atoms with Crippen molar-refractivity contribution in [2.24, 2.45) is 0 Å². The number of thioether (sulfide) groups is 1. The Morgan fingerprint density at radius 2 is 2.09 bits per heavy atom. The summed E-state index contributed by atoms with van der Waals surface area (Å²) in [6.45, 7) is 3.91. The molecule has 2 rings (SSSR count). The summed E-state index contributed by atoms with van der Waals surface area (Å²) in [6.07, 6.45) is 1.17. The maximum absolute atomic E-state index is 12.1. The Kier molecular flexibility index (Phi) is 6.55. The second-order valence-electron chi connectivity index (χ2n) is 5.20. The van der Waals surface area contributed by atoms with Crippen LogP contribution in [0.15, 0.2) is 52.0 Å². The van der Waals surface area contributed by atoms with Gasteiger partial charge in [0, 0.05) is 17.4 Å². The van der Waals surface area contributed by atoms with Crippen molar-refractivity contribution in [1.82, 2.24) is 5.32 Å². The maximum Gasteiger partial charge on any atom is 0.319 e. The summed E-state index contributed by atoms with van der Waals surface area (Å²) in [5, 5.41) is 15.7. The summed E-state index contributed by atoms with van der Waals surface area (Å²) >= 11 is 1.68. The zero-order valence-corrected chi connectivity index (χ0v) is 14.1. The highest BCUT2D eigenvalue weighted by Gasteiger charge is 2.16. The van der Waals surface area contributed by atoms with E-state index in [-0.39, 0.29) is 12.1 Å². The first-order valence-corrected chi connectivity index (χ1v) is 8.59. The van der Waals surface area contributed by atoms with Crippen molar-refractivity contribution in [3.63, 3.8) is 0 Å². The molecule has 0 bridgehead atoms. The van der Waals surface area contributed by atoms with Gasteiger partial charge in [-0.1, -0.05) is 19.1 Å². The second kappa shape index (κ2) is 8.64. The molecule has 2 atom stereocenters. The van der Waals surface area contributed by atoms with Gasteiger partial charge in [0.15, 0.2) is 0 Å². The Hall–Kier alpha value is -1.92. The van der Waals surface area contributed by atoms with E-state index < -0.39 is 6.10 Å². The molecule has 124 valence electrons. The summed E-state index contributed by atoms with van der Waals surface area (Å²) in [5.74, 6) is 1.44. The molecule has 0 saturated heterocycles. The minimum Gasteiger partial charge on any atom is -0.467 e. The molecule has 1 heterocycles. The van der Waals surface area contributed by atoms with Crippen LogP contribution < -0.4 is 10.6 Å². The lowest BCUT2D eigenvalue weighted by Crippen LogP contribution is -2.37. The first-order chi connectivity index (χ1) is 11.1. The van der Waals surface area contributed by atoms with Crippen LogP contribution in [0.5, 0.6) is 0 Å². The molecule has 6 heteroatoms. The van der Waals surface area contributed by atoms with Crippen LogP contribution in [0.1, 0.15) is 32.1 Å². The molecule has 0 fully saturated rings. The molecule has 0 spiro atoms. The summed E-state index contributed by atoms with van der Waals surface area (Å²) in [5.41, 5.74) is 0.788. The highest BCUT2D eigenvalue weighted by atomic mass is 32.2. The number of urea groups is 1. The molecule has 5 nitrogen and oxygen atoms in total. The predicted octanol–water partition coefficient (Wildman–Crippen LogP) is 4.03. The molecule has 1 aromatic carbocycles. The third kappa shape index (κ3) is 5.33. The number of para-hydroxylation sites is 1. The van der Waals surface area contributed by atoms with Crippen LogP contribution >= 0.6 is 11.8 Å². The Morgan fingerprint density at radius 3 is 2.78 bits per heavy atom. The minimum absolute atomic E-state index is 0.193. The number of anilines is 1. The molecule has 2 amide bonds. The first-order valence-electron chi connectivity index (χ1n) is 7.61. The molecule has 3 N–H and O–H groups in total. The van der Waals surface area contributed by atoms with Gasteiger partial charge in [0.05, 0.1) is 12.0 Å². The summed E-state index contributed by atoms with van der Waals surface area (Å²) in [7, 11) is 0. The molecule has 0 aliphatic heterocycles. The smallest absolute Gasteiger partial charge is 0.319 e. The van der Waals surface area contributed by atoms with Crippen molar-refractivity contribution >= 4 is 23.5 Å². The number of hydrogen-bond acceptors (Lipinski definition) is 4. The van der Waals surface area contributed by atoms with Gasteiger partial charge in [-0.3, -0.25) is 0 Å². The fourth-order valence-corrected chi connectivity index (χ4v) is 2.98. The largest absolute Gasteiger partial charge is 0.467 e. The van der Waals surface area contributed by atoms with Crippen LogP contribution in [0, 0.1) is 0 Å². The van der Waals surface area contributed by atoms with Crippen LogP contribution in [0.4, 0.5) is 10.5 Å². The lowest BCUT2D eigenvalue weighted by atomic mass is 10.1. The zero-order chi connectivity index (χ0) is 16.7. The molecule has 23 heavy (non-hydrogen) atoms. The van der Waals surface area contributed by atoms with E-state index in [2.05, 4.69) is 17.6 Å². The predicted molar refractivity (Wildman–Crippen MR) is 92.7 cm³/mol. The number of carbonyl (C=O) groups is 1. The Morgan fingerprint density at radius 1 is 1.30 bits per heavy atom. The highest BCUT2D eigenvalue weighted by molar-refractivity contribution is 7.99. The van der Waals surface area contributed by atoms with Crippen LogP contribution in [0.25, 0.3) is 0 Å². The molecular formula is C17H22N2O3S. The molecule has 0 unspecified atom stereocenters. The summed E-state index contributed by atoms with van der Waals surface area (Å²) < 4.78 is 5.16. The normalized spacial score (nSPS) is 13.3. The van der Waals surface area contributed by atoms with Crippen molar-refractivity contribution in [2.45, 2.75) is 37.3 Å². The third-order valence-corrected chi connectivity index (χ3v) is 4.22. The van der Waals surface area contributed by atoms with E-state index in [1.807, 2.05) is 31.2 Å². The highest BCUT2D eigenvalue weighted by Crippen LogP contribution is 2.26. The summed E-state index contributed by atoms with van der Waals surface area (Å²) in [4.78, 5) is 13.1. The fourth-order valence-electron chi connectivity index (χ4n) is 2.22. The number of amides is 2. The van der Waals surface area contributed by atoms with Crippen molar-refractivity contribution in [1.29, 1.82) is 0 Å². The number of furan rings is 1. The molecular weight excluding hydrogens is 312 g/mol. The van der Waals surface area contributed by atoms with Gasteiger partial charge in [-0.15, -0.1) is 11.8 Å². The molecule has 2 aromatic rings. The standard InChI is InChI=1S/C17H22N2O3S/c1-3-23-16-9-5-4-7-13(16)19-17(21)18-12(2)11-14(20)15-8-6-10-22-15/h4-10,12,14,20H,3,11H2,1-2H3,(H2,18,19,21)/t12-,14-/m0/s1. The van der Waals surface area contributed by atoms with Crippen LogP contribution in [0.3, 0.4) is 0 Å². The van der Waals surface area contributed by atoms with E-state index in [1.165, 1.54) is 6.26 Å². The average molecular weight is 334 g/mol. The van der Waals surface area contributed by atoms with Gasteiger partial charge in [0.2, 0.25) is 0 Å². The van der Waals surface area contributed by atoms with E-state index in [0.29, 0.717) is 12.2 Å². The van der Waals surface area contributed by atoms with Crippen molar-refractivity contribution in [3.8, 4) is 0 Å². The van der Waals surface area contributed by atoms with Gasteiger partial charge >= 0.3 is 6.03 Å². The Balaban J connectivity index is 1.87. The Bertz CT molecular complexity index is 616. The quantitative estimate of drug-likeness (QED) is 0.668. The van der Waals surface area contributed by atoms with E-state index in [9.17, 15) is 9.90 Å². The lowest BCUT2D eigenvalue weighted by Gasteiger charge is -2.18. The van der Waals surface area contributed by atoms with E-state index in [4.69, 9.17) is 4.42 Å². The van der Waals surface area contributed by atoms with Crippen LogP contribution in [-0.4, -0.2) is 22.9 Å². The SMILES string of the molecule is CCSc1ccccc1NC(=O)N[C@@H](C)C[C@H](O)c1ccco1. The number of aliphatic hydroxyl groups excluding tert-OH is 1. The second-order valence-corrected chi connectivity index (χ2v) is 6.50.